The summed E-state index contributed by atoms with van der Waals surface area (Å²) in [4.78, 5) is 24.7. The van der Waals surface area contributed by atoms with Crippen LogP contribution in [0.4, 0.5) is 0 Å². The fourth-order valence-corrected chi connectivity index (χ4v) is 2.06. The Bertz CT molecular complexity index is 338. The fraction of sp³-hybridized carbons (Fsp3) is 0.692. The monoisotopic (exact) mass is 255 g/mol. The van der Waals surface area contributed by atoms with Crippen molar-refractivity contribution in [2.24, 2.45) is 0 Å². The summed E-state index contributed by atoms with van der Waals surface area (Å²) in [7, 11) is 1.89. The largest absolute Gasteiger partial charge is 0.466 e. The number of allylic oxidation sites excluding steroid dienone is 1. The molecule has 0 N–H and O–H groups in total. The molecule has 0 aromatic heterocycles. The minimum absolute atomic E-state index is 0.115. The molecule has 0 radical (unpaired) electrons. The van der Waals surface area contributed by atoms with Gasteiger partial charge >= 0.3 is 11.9 Å². The molecule has 5 nitrogen and oxygen atoms in total. The zero-order chi connectivity index (χ0) is 13.5. The number of likely N-dealkylation sites (tertiary alicyclic amines) is 1. The van der Waals surface area contributed by atoms with E-state index >= 15 is 0 Å². The zero-order valence-electron chi connectivity index (χ0n) is 11.3. The van der Waals surface area contributed by atoms with E-state index in [-0.39, 0.29) is 18.0 Å². The van der Waals surface area contributed by atoms with Gasteiger partial charge in [-0.25, -0.2) is 4.79 Å². The van der Waals surface area contributed by atoms with E-state index in [0.29, 0.717) is 19.6 Å². The third-order valence-electron chi connectivity index (χ3n) is 3.01. The summed E-state index contributed by atoms with van der Waals surface area (Å²) in [6.07, 6.45) is 3.53. The molecular formula is C13H21NO4. The first-order chi connectivity index (χ1) is 8.58. The normalized spacial score (nSPS) is 21.2. The van der Waals surface area contributed by atoms with Gasteiger partial charge in [0.1, 0.15) is 0 Å². The average molecular weight is 255 g/mol. The Labute approximate surface area is 108 Å². The van der Waals surface area contributed by atoms with E-state index in [0.717, 1.165) is 18.5 Å². The molecular weight excluding hydrogens is 234 g/mol. The van der Waals surface area contributed by atoms with Crippen LogP contribution in [0.1, 0.15) is 33.1 Å². The summed E-state index contributed by atoms with van der Waals surface area (Å²) in [5.74, 6) is -0.511. The van der Waals surface area contributed by atoms with Gasteiger partial charge in [-0.05, 0) is 26.7 Å². The van der Waals surface area contributed by atoms with Crippen LogP contribution in [0.5, 0.6) is 0 Å². The highest BCUT2D eigenvalue weighted by molar-refractivity contribution is 5.82. The highest BCUT2D eigenvalue weighted by Crippen LogP contribution is 2.27. The molecule has 0 aromatic rings. The van der Waals surface area contributed by atoms with Gasteiger partial charge in [0.15, 0.2) is 0 Å². The van der Waals surface area contributed by atoms with Crippen LogP contribution < -0.4 is 0 Å². The molecule has 1 heterocycles. The summed E-state index contributed by atoms with van der Waals surface area (Å²) in [6.45, 7) is 4.35. The van der Waals surface area contributed by atoms with Gasteiger partial charge in [0, 0.05) is 24.9 Å². The Balaban J connectivity index is 2.53. The van der Waals surface area contributed by atoms with E-state index in [1.165, 1.54) is 6.08 Å². The SMILES string of the molecule is CCOC(=O)C=C1CCC(CC(=O)OCC)N1C. The number of hydrogen-bond donors (Lipinski definition) is 0. The van der Waals surface area contributed by atoms with E-state index in [1.54, 1.807) is 13.8 Å². The summed E-state index contributed by atoms with van der Waals surface area (Å²) >= 11 is 0. The van der Waals surface area contributed by atoms with Crippen molar-refractivity contribution in [1.82, 2.24) is 4.90 Å². The van der Waals surface area contributed by atoms with Gasteiger partial charge in [-0.15, -0.1) is 0 Å². The fourth-order valence-electron chi connectivity index (χ4n) is 2.06. The van der Waals surface area contributed by atoms with Crippen molar-refractivity contribution in [1.29, 1.82) is 0 Å². The Morgan fingerprint density at radius 1 is 1.33 bits per heavy atom. The van der Waals surface area contributed by atoms with Gasteiger partial charge in [0.05, 0.1) is 19.6 Å². The van der Waals surface area contributed by atoms with E-state index in [2.05, 4.69) is 0 Å². The molecule has 0 amide bonds. The second-order valence-electron chi connectivity index (χ2n) is 4.20. The summed E-state index contributed by atoms with van der Waals surface area (Å²) in [5, 5.41) is 0. The maximum Gasteiger partial charge on any atom is 0.332 e. The minimum atomic E-state index is -0.323. The lowest BCUT2D eigenvalue weighted by Crippen LogP contribution is -2.27. The van der Waals surface area contributed by atoms with Crippen molar-refractivity contribution in [3.63, 3.8) is 0 Å². The quantitative estimate of drug-likeness (QED) is 0.550. The van der Waals surface area contributed by atoms with Crippen LogP contribution in [-0.4, -0.2) is 43.1 Å². The van der Waals surface area contributed by atoms with E-state index < -0.39 is 0 Å². The number of hydrogen-bond acceptors (Lipinski definition) is 5. The molecule has 1 aliphatic rings. The van der Waals surface area contributed by atoms with Gasteiger partial charge in [-0.1, -0.05) is 0 Å². The molecule has 0 aliphatic carbocycles. The van der Waals surface area contributed by atoms with Crippen LogP contribution in [0.25, 0.3) is 0 Å². The maximum absolute atomic E-state index is 11.4. The highest BCUT2D eigenvalue weighted by atomic mass is 16.5. The first-order valence-electron chi connectivity index (χ1n) is 6.34. The molecule has 1 unspecified atom stereocenters. The van der Waals surface area contributed by atoms with Crippen LogP contribution >= 0.6 is 0 Å². The van der Waals surface area contributed by atoms with Gasteiger partial charge in [-0.3, -0.25) is 4.79 Å². The second kappa shape index (κ2) is 7.03. The van der Waals surface area contributed by atoms with Crippen LogP contribution in [0.2, 0.25) is 0 Å². The number of rotatable bonds is 5. The van der Waals surface area contributed by atoms with Gasteiger partial charge in [0.25, 0.3) is 0 Å². The van der Waals surface area contributed by atoms with Gasteiger partial charge < -0.3 is 14.4 Å². The first-order valence-corrected chi connectivity index (χ1v) is 6.34. The summed E-state index contributed by atoms with van der Waals surface area (Å²) in [6, 6.07) is 0.115. The Morgan fingerprint density at radius 3 is 2.61 bits per heavy atom. The van der Waals surface area contributed by atoms with Crippen molar-refractivity contribution in [2.45, 2.75) is 39.2 Å². The molecule has 0 spiro atoms. The van der Waals surface area contributed by atoms with Crippen LogP contribution in [0, 0.1) is 0 Å². The maximum atomic E-state index is 11.4. The van der Waals surface area contributed by atoms with E-state index in [1.807, 2.05) is 11.9 Å². The predicted octanol–water partition coefficient (Wildman–Crippen LogP) is 1.48. The lowest BCUT2D eigenvalue weighted by atomic mass is 10.1. The zero-order valence-corrected chi connectivity index (χ0v) is 11.3. The summed E-state index contributed by atoms with van der Waals surface area (Å²) < 4.78 is 9.80. The molecule has 102 valence electrons. The molecule has 1 aliphatic heterocycles. The Morgan fingerprint density at radius 2 is 2.00 bits per heavy atom. The van der Waals surface area contributed by atoms with Crippen molar-refractivity contribution in [3.05, 3.63) is 11.8 Å². The lowest BCUT2D eigenvalue weighted by molar-refractivity contribution is -0.144. The molecule has 1 rings (SSSR count). The van der Waals surface area contributed by atoms with E-state index in [9.17, 15) is 9.59 Å². The molecule has 0 aromatic carbocycles. The van der Waals surface area contributed by atoms with Crippen LogP contribution in [0.15, 0.2) is 11.8 Å². The first kappa shape index (κ1) is 14.5. The van der Waals surface area contributed by atoms with Gasteiger partial charge in [0.2, 0.25) is 0 Å². The smallest absolute Gasteiger partial charge is 0.332 e. The standard InChI is InChI=1S/C13H21NO4/c1-4-17-12(15)8-10-6-7-11(14(10)3)9-13(16)18-5-2/h8,11H,4-7,9H2,1-3H3. The number of carbonyl (C=O) groups excluding carboxylic acids is 2. The topological polar surface area (TPSA) is 55.8 Å². The third kappa shape index (κ3) is 4.05. The predicted molar refractivity (Wildman–Crippen MR) is 66.8 cm³/mol. The number of ether oxygens (including phenoxy) is 2. The minimum Gasteiger partial charge on any atom is -0.466 e. The average Bonchev–Trinajstić information content (AvgIpc) is 2.62. The number of esters is 2. The van der Waals surface area contributed by atoms with Crippen molar-refractivity contribution >= 4 is 11.9 Å². The van der Waals surface area contributed by atoms with Crippen molar-refractivity contribution < 1.29 is 19.1 Å². The highest BCUT2D eigenvalue weighted by Gasteiger charge is 2.27. The molecule has 1 atom stereocenters. The Kier molecular flexibility index (Phi) is 5.68. The number of nitrogens with zero attached hydrogens (tertiary/aromatic N) is 1. The second-order valence-corrected chi connectivity index (χ2v) is 4.20. The van der Waals surface area contributed by atoms with Crippen molar-refractivity contribution in [2.75, 3.05) is 20.3 Å². The molecule has 18 heavy (non-hydrogen) atoms. The Hall–Kier alpha value is -1.52. The van der Waals surface area contributed by atoms with E-state index in [4.69, 9.17) is 9.47 Å². The lowest BCUT2D eigenvalue weighted by Gasteiger charge is -2.22. The number of carbonyl (C=O) groups is 2. The third-order valence-corrected chi connectivity index (χ3v) is 3.01. The van der Waals surface area contributed by atoms with Crippen LogP contribution in [0.3, 0.4) is 0 Å². The molecule has 1 fully saturated rings. The van der Waals surface area contributed by atoms with Crippen molar-refractivity contribution in [3.8, 4) is 0 Å². The van der Waals surface area contributed by atoms with Crippen LogP contribution in [-0.2, 0) is 19.1 Å². The van der Waals surface area contributed by atoms with Gasteiger partial charge in [-0.2, -0.15) is 0 Å². The molecule has 0 saturated carbocycles. The molecule has 1 saturated heterocycles. The molecule has 5 heteroatoms. The molecule has 0 bridgehead atoms. The summed E-state index contributed by atoms with van der Waals surface area (Å²) in [5.41, 5.74) is 0.919.